The van der Waals surface area contributed by atoms with E-state index in [1.807, 2.05) is 38.1 Å². The first kappa shape index (κ1) is 15.8. The number of hydrogen-bond acceptors (Lipinski definition) is 3. The number of phenolic OH excluding ortho intramolecular Hbond substituents is 1. The van der Waals surface area contributed by atoms with Crippen molar-refractivity contribution in [2.24, 2.45) is 0 Å². The number of amides is 2. The first-order valence-electron chi connectivity index (χ1n) is 8.53. The van der Waals surface area contributed by atoms with Crippen LogP contribution in [0.3, 0.4) is 0 Å². The lowest BCUT2D eigenvalue weighted by Crippen LogP contribution is -2.69. The van der Waals surface area contributed by atoms with Crippen LogP contribution in [0.4, 0.5) is 4.79 Å². The Balaban J connectivity index is 1.82. The summed E-state index contributed by atoms with van der Waals surface area (Å²) in [6.07, 6.45) is 1.27. The molecule has 2 amide bonds. The maximum absolute atomic E-state index is 12.2. The largest absolute Gasteiger partial charge is 0.508 e. The molecule has 2 heterocycles. The molecule has 2 atom stereocenters. The van der Waals surface area contributed by atoms with E-state index in [1.54, 1.807) is 12.1 Å². The molecule has 3 N–H and O–H groups in total. The molecule has 0 saturated carbocycles. The number of phenols is 1. The summed E-state index contributed by atoms with van der Waals surface area (Å²) in [6, 6.07) is 15.2. The first-order valence-corrected chi connectivity index (χ1v) is 8.53. The van der Waals surface area contributed by atoms with Crippen molar-refractivity contribution in [2.75, 3.05) is 0 Å². The minimum absolute atomic E-state index is 0.0831. The normalized spacial score (nSPS) is 27.0. The topological polar surface area (TPSA) is 70.6 Å². The molecular formula is C20H22N2O3. The molecule has 4 rings (SSSR count). The molecule has 1 spiro atoms. The van der Waals surface area contributed by atoms with Gasteiger partial charge in [0.05, 0.1) is 0 Å². The molecule has 2 aliphatic heterocycles. The van der Waals surface area contributed by atoms with Crippen LogP contribution in [0.25, 0.3) is 0 Å². The van der Waals surface area contributed by atoms with Crippen LogP contribution in [-0.2, 0) is 0 Å². The molecule has 0 bridgehead atoms. The molecule has 0 radical (unpaired) electrons. The molecule has 25 heavy (non-hydrogen) atoms. The average Bonchev–Trinajstić information content (AvgIpc) is 2.52. The van der Waals surface area contributed by atoms with Gasteiger partial charge in [-0.15, -0.1) is 0 Å². The summed E-state index contributed by atoms with van der Waals surface area (Å²) in [5.41, 5.74) is 1.02. The van der Waals surface area contributed by atoms with Gasteiger partial charge in [0.15, 0.2) is 5.72 Å². The van der Waals surface area contributed by atoms with E-state index < -0.39 is 5.72 Å². The van der Waals surface area contributed by atoms with E-state index >= 15 is 0 Å². The Morgan fingerprint density at radius 1 is 1.12 bits per heavy atom. The van der Waals surface area contributed by atoms with Gasteiger partial charge in [0.25, 0.3) is 0 Å². The third-order valence-corrected chi connectivity index (χ3v) is 4.93. The zero-order chi connectivity index (χ0) is 17.7. The lowest BCUT2D eigenvalue weighted by atomic mass is 9.77. The molecule has 1 saturated heterocycles. The molecule has 0 aromatic heterocycles. The summed E-state index contributed by atoms with van der Waals surface area (Å²) < 4.78 is 6.27. The van der Waals surface area contributed by atoms with E-state index in [-0.39, 0.29) is 23.2 Å². The third-order valence-electron chi connectivity index (χ3n) is 4.93. The number of nitrogens with one attached hydrogen (secondary N) is 2. The molecule has 130 valence electrons. The van der Waals surface area contributed by atoms with Gasteiger partial charge in [0.1, 0.15) is 11.5 Å². The minimum atomic E-state index is -0.798. The number of carbonyl (C=O) groups excluding carboxylic acids is 1. The lowest BCUT2D eigenvalue weighted by molar-refractivity contribution is -0.0236. The smallest absolute Gasteiger partial charge is 0.318 e. The van der Waals surface area contributed by atoms with Gasteiger partial charge in [0.2, 0.25) is 0 Å². The highest BCUT2D eigenvalue weighted by molar-refractivity contribution is 5.77. The number of hydrogen-bond donors (Lipinski definition) is 3. The highest BCUT2D eigenvalue weighted by atomic mass is 16.5. The SMILES string of the molecule is CC1(C)CC2(CC(c3ccccc3)c3ccc(O)cc3O2)NC(=O)N1. The summed E-state index contributed by atoms with van der Waals surface area (Å²) in [7, 11) is 0. The number of benzene rings is 2. The van der Waals surface area contributed by atoms with E-state index in [9.17, 15) is 9.90 Å². The van der Waals surface area contributed by atoms with Crippen molar-refractivity contribution in [3.8, 4) is 11.5 Å². The van der Waals surface area contributed by atoms with Crippen molar-refractivity contribution in [1.29, 1.82) is 0 Å². The van der Waals surface area contributed by atoms with Gasteiger partial charge in [-0.1, -0.05) is 36.4 Å². The van der Waals surface area contributed by atoms with Crippen molar-refractivity contribution < 1.29 is 14.6 Å². The Kier molecular flexibility index (Phi) is 3.42. The predicted octanol–water partition coefficient (Wildman–Crippen LogP) is 3.48. The summed E-state index contributed by atoms with van der Waals surface area (Å²) in [5.74, 6) is 0.861. The van der Waals surface area contributed by atoms with Crippen LogP contribution in [0.5, 0.6) is 11.5 Å². The van der Waals surface area contributed by atoms with Gasteiger partial charge in [-0.05, 0) is 25.5 Å². The number of aromatic hydroxyl groups is 1. The molecule has 1 fully saturated rings. The summed E-state index contributed by atoms with van der Waals surface area (Å²) in [4.78, 5) is 12.2. The molecule has 2 aromatic rings. The van der Waals surface area contributed by atoms with Crippen molar-refractivity contribution in [1.82, 2.24) is 10.6 Å². The third kappa shape index (κ3) is 2.90. The Labute approximate surface area is 147 Å². The molecule has 2 aromatic carbocycles. The fourth-order valence-corrected chi connectivity index (χ4v) is 4.11. The van der Waals surface area contributed by atoms with Crippen LogP contribution in [0, 0.1) is 0 Å². The summed E-state index contributed by atoms with van der Waals surface area (Å²) in [6.45, 7) is 3.98. The first-order chi connectivity index (χ1) is 11.9. The highest BCUT2D eigenvalue weighted by Gasteiger charge is 2.49. The van der Waals surface area contributed by atoms with Crippen molar-refractivity contribution in [3.63, 3.8) is 0 Å². The quantitative estimate of drug-likeness (QED) is 0.745. The zero-order valence-electron chi connectivity index (χ0n) is 14.4. The van der Waals surface area contributed by atoms with E-state index in [0.29, 0.717) is 18.6 Å². The van der Waals surface area contributed by atoms with Gasteiger partial charge in [0, 0.05) is 35.9 Å². The number of ether oxygens (including phenoxy) is 1. The molecule has 0 aliphatic carbocycles. The Morgan fingerprint density at radius 3 is 2.60 bits per heavy atom. The van der Waals surface area contributed by atoms with Crippen LogP contribution in [0.15, 0.2) is 48.5 Å². The Bertz CT molecular complexity index is 819. The van der Waals surface area contributed by atoms with Gasteiger partial charge in [-0.3, -0.25) is 0 Å². The molecule has 5 nitrogen and oxygen atoms in total. The van der Waals surface area contributed by atoms with Crippen LogP contribution in [0.1, 0.15) is 43.7 Å². The number of rotatable bonds is 1. The second kappa shape index (κ2) is 5.41. The Morgan fingerprint density at radius 2 is 1.88 bits per heavy atom. The van der Waals surface area contributed by atoms with Crippen molar-refractivity contribution in [3.05, 3.63) is 59.7 Å². The van der Waals surface area contributed by atoms with Gasteiger partial charge < -0.3 is 20.5 Å². The predicted molar refractivity (Wildman–Crippen MR) is 94.7 cm³/mol. The van der Waals surface area contributed by atoms with Crippen LogP contribution >= 0.6 is 0 Å². The van der Waals surface area contributed by atoms with Gasteiger partial charge in [-0.2, -0.15) is 0 Å². The number of carbonyl (C=O) groups is 1. The van der Waals surface area contributed by atoms with E-state index in [0.717, 1.165) is 5.56 Å². The maximum Gasteiger partial charge on any atom is 0.318 e. The van der Waals surface area contributed by atoms with Gasteiger partial charge in [-0.25, -0.2) is 4.79 Å². The monoisotopic (exact) mass is 338 g/mol. The van der Waals surface area contributed by atoms with E-state index in [4.69, 9.17) is 4.74 Å². The van der Waals surface area contributed by atoms with Crippen LogP contribution in [-0.4, -0.2) is 22.4 Å². The molecule has 5 heteroatoms. The number of fused-ring (bicyclic) bond motifs is 1. The zero-order valence-corrected chi connectivity index (χ0v) is 14.4. The van der Waals surface area contributed by atoms with Crippen LogP contribution < -0.4 is 15.4 Å². The van der Waals surface area contributed by atoms with Gasteiger partial charge >= 0.3 is 6.03 Å². The fourth-order valence-electron chi connectivity index (χ4n) is 4.11. The second-order valence-corrected chi connectivity index (χ2v) is 7.63. The molecule has 2 aliphatic rings. The molecular weight excluding hydrogens is 316 g/mol. The maximum atomic E-state index is 12.2. The number of urea groups is 1. The lowest BCUT2D eigenvalue weighted by Gasteiger charge is -2.49. The Hall–Kier alpha value is -2.69. The van der Waals surface area contributed by atoms with Crippen molar-refractivity contribution >= 4 is 6.03 Å². The summed E-state index contributed by atoms with van der Waals surface area (Å²) >= 11 is 0. The second-order valence-electron chi connectivity index (χ2n) is 7.63. The van der Waals surface area contributed by atoms with E-state index in [2.05, 4.69) is 22.8 Å². The molecule has 2 unspecified atom stereocenters. The minimum Gasteiger partial charge on any atom is -0.508 e. The fraction of sp³-hybridized carbons (Fsp3) is 0.350. The standard InChI is InChI=1S/C20H22N2O3/c1-19(2)12-20(22-18(24)21-19)11-16(13-6-4-3-5-7-13)15-9-8-14(23)10-17(15)25-20/h3-10,16,23H,11-12H2,1-2H3,(H2,21,22,24). The summed E-state index contributed by atoms with van der Waals surface area (Å²) in [5, 5.41) is 15.8. The van der Waals surface area contributed by atoms with Crippen molar-refractivity contribution in [2.45, 2.75) is 43.9 Å². The highest BCUT2D eigenvalue weighted by Crippen LogP contribution is 2.47. The van der Waals surface area contributed by atoms with E-state index in [1.165, 1.54) is 5.56 Å². The van der Waals surface area contributed by atoms with Crippen LogP contribution in [0.2, 0.25) is 0 Å². The average molecular weight is 338 g/mol.